The Labute approximate surface area is 199 Å². The van der Waals surface area contributed by atoms with Crippen molar-refractivity contribution in [2.24, 2.45) is 11.1 Å². The Hall–Kier alpha value is -1.86. The molecule has 0 saturated heterocycles. The van der Waals surface area contributed by atoms with Crippen LogP contribution >= 0.6 is 46.4 Å². The molecule has 166 valence electrons. The van der Waals surface area contributed by atoms with Crippen LogP contribution in [-0.4, -0.2) is 36.8 Å². The second kappa shape index (κ2) is 10.2. The quantitative estimate of drug-likeness (QED) is 0.190. The minimum absolute atomic E-state index is 0.0138. The number of esters is 1. The van der Waals surface area contributed by atoms with Crippen molar-refractivity contribution < 1.29 is 23.8 Å². The molecule has 0 bridgehead atoms. The van der Waals surface area contributed by atoms with Gasteiger partial charge in [0.15, 0.2) is 11.5 Å². The molecule has 0 N–H and O–H groups in total. The van der Waals surface area contributed by atoms with E-state index >= 15 is 0 Å². The molecule has 1 unspecified atom stereocenters. The van der Waals surface area contributed by atoms with Gasteiger partial charge in [0.2, 0.25) is 0 Å². The number of alkyl halides is 2. The smallest absolute Gasteiger partial charge is 0.360 e. The lowest BCUT2D eigenvalue weighted by Gasteiger charge is -2.15. The topological polar surface area (TPSA) is 66.4 Å². The summed E-state index contributed by atoms with van der Waals surface area (Å²) in [5, 5.41) is 4.33. The van der Waals surface area contributed by atoms with Crippen LogP contribution in [0.5, 0.6) is 11.5 Å². The van der Waals surface area contributed by atoms with E-state index in [0.717, 1.165) is 0 Å². The number of nitrogens with zero attached hydrogens (tertiary/aromatic N) is 1. The highest BCUT2D eigenvalue weighted by atomic mass is 35.5. The number of hydrogen-bond acceptors (Lipinski definition) is 6. The first-order valence-electron chi connectivity index (χ1n) is 9.17. The standard InChI is InChI=1S/C21H19Cl4NO5/c1-28-20(27)18(26-29-2)15-6-4-3-5-12(15)10-31-19-16(22)7-14(8-17(19)23)30-11-13-9-21(13,24)25/h3-8,13H,9-11H2,1-2H3/b26-18+. The van der Waals surface area contributed by atoms with Gasteiger partial charge in [-0.3, -0.25) is 0 Å². The van der Waals surface area contributed by atoms with Crippen molar-refractivity contribution in [3.05, 3.63) is 57.6 Å². The van der Waals surface area contributed by atoms with E-state index in [1.807, 2.05) is 0 Å². The second-order valence-corrected chi connectivity index (χ2v) is 9.11. The minimum Gasteiger partial charge on any atom is -0.493 e. The maximum atomic E-state index is 12.1. The number of hydrogen-bond donors (Lipinski definition) is 0. The maximum Gasteiger partial charge on any atom is 0.360 e. The van der Waals surface area contributed by atoms with E-state index in [-0.39, 0.29) is 34.0 Å². The molecule has 31 heavy (non-hydrogen) atoms. The number of carbonyl (C=O) groups excluding carboxylic acids is 1. The lowest BCUT2D eigenvalue weighted by atomic mass is 10.0. The first-order valence-corrected chi connectivity index (χ1v) is 10.7. The fourth-order valence-electron chi connectivity index (χ4n) is 2.82. The van der Waals surface area contributed by atoms with Crippen molar-refractivity contribution in [2.75, 3.05) is 20.8 Å². The van der Waals surface area contributed by atoms with Crippen molar-refractivity contribution >= 4 is 58.1 Å². The van der Waals surface area contributed by atoms with Crippen molar-refractivity contribution in [3.8, 4) is 11.5 Å². The number of carbonyl (C=O) groups is 1. The summed E-state index contributed by atoms with van der Waals surface area (Å²) in [6.07, 6.45) is 0.679. The third-order valence-electron chi connectivity index (χ3n) is 4.58. The number of halogens is 4. The zero-order valence-corrected chi connectivity index (χ0v) is 19.7. The highest BCUT2D eigenvalue weighted by Crippen LogP contribution is 2.53. The van der Waals surface area contributed by atoms with Gasteiger partial charge < -0.3 is 19.0 Å². The lowest BCUT2D eigenvalue weighted by molar-refractivity contribution is -0.132. The van der Waals surface area contributed by atoms with Crippen LogP contribution in [0.15, 0.2) is 41.6 Å². The number of benzene rings is 2. The van der Waals surface area contributed by atoms with Crippen molar-refractivity contribution in [1.29, 1.82) is 0 Å². The summed E-state index contributed by atoms with van der Waals surface area (Å²) in [6.45, 7) is 0.432. The van der Waals surface area contributed by atoms with E-state index in [0.29, 0.717) is 29.9 Å². The second-order valence-electron chi connectivity index (χ2n) is 6.75. The molecule has 1 saturated carbocycles. The number of rotatable bonds is 9. The third kappa shape index (κ3) is 5.89. The third-order valence-corrected chi connectivity index (χ3v) is 6.07. The monoisotopic (exact) mass is 505 g/mol. The number of methoxy groups -OCH3 is 1. The Balaban J connectivity index is 1.74. The summed E-state index contributed by atoms with van der Waals surface area (Å²) in [6, 6.07) is 10.3. The summed E-state index contributed by atoms with van der Waals surface area (Å²) in [5.41, 5.74) is 1.17. The van der Waals surface area contributed by atoms with Gasteiger partial charge in [0.1, 0.15) is 23.8 Å². The molecule has 10 heteroatoms. The molecule has 0 amide bonds. The van der Waals surface area contributed by atoms with E-state index in [1.54, 1.807) is 36.4 Å². The van der Waals surface area contributed by atoms with Gasteiger partial charge in [-0.2, -0.15) is 0 Å². The molecular weight excluding hydrogens is 488 g/mol. The molecule has 1 aliphatic carbocycles. The van der Waals surface area contributed by atoms with E-state index in [9.17, 15) is 4.79 Å². The SMILES string of the molecule is CO/N=C(/C(=O)OC)c1ccccc1COc1c(Cl)cc(OCC2CC2(Cl)Cl)cc1Cl. The van der Waals surface area contributed by atoms with E-state index in [1.165, 1.54) is 14.2 Å². The molecule has 2 aromatic carbocycles. The summed E-state index contributed by atoms with van der Waals surface area (Å²) in [7, 11) is 2.61. The molecule has 3 rings (SSSR count). The Kier molecular flexibility index (Phi) is 7.81. The fourth-order valence-corrected chi connectivity index (χ4v) is 3.89. The Morgan fingerprint density at radius 1 is 1.13 bits per heavy atom. The van der Waals surface area contributed by atoms with E-state index < -0.39 is 10.3 Å². The minimum atomic E-state index is -0.723. The van der Waals surface area contributed by atoms with Gasteiger partial charge in [-0.15, -0.1) is 23.2 Å². The predicted molar refractivity (Wildman–Crippen MR) is 121 cm³/mol. The Morgan fingerprint density at radius 3 is 2.35 bits per heavy atom. The predicted octanol–water partition coefficient (Wildman–Crippen LogP) is 5.67. The zero-order valence-electron chi connectivity index (χ0n) is 16.7. The van der Waals surface area contributed by atoms with Gasteiger partial charge in [0.05, 0.1) is 23.8 Å². The first-order chi connectivity index (χ1) is 14.8. The van der Waals surface area contributed by atoms with Crippen molar-refractivity contribution in [2.45, 2.75) is 17.4 Å². The van der Waals surface area contributed by atoms with Crippen LogP contribution in [0.1, 0.15) is 17.5 Å². The normalized spacial score (nSPS) is 17.1. The van der Waals surface area contributed by atoms with Gasteiger partial charge in [-0.05, 0) is 12.0 Å². The van der Waals surface area contributed by atoms with Crippen LogP contribution in [0.25, 0.3) is 0 Å². The molecule has 0 aromatic heterocycles. The molecule has 0 radical (unpaired) electrons. The highest BCUT2D eigenvalue weighted by Gasteiger charge is 2.52. The van der Waals surface area contributed by atoms with Crippen LogP contribution in [0.4, 0.5) is 0 Å². The molecule has 0 heterocycles. The number of ether oxygens (including phenoxy) is 3. The molecule has 1 aliphatic rings. The summed E-state index contributed by atoms with van der Waals surface area (Å²) >= 11 is 24.7. The van der Waals surface area contributed by atoms with Gasteiger partial charge >= 0.3 is 5.97 Å². The molecular formula is C21H19Cl4NO5. The summed E-state index contributed by atoms with van der Waals surface area (Å²) in [5.74, 6) is 0.197. The van der Waals surface area contributed by atoms with Crippen LogP contribution < -0.4 is 9.47 Å². The van der Waals surface area contributed by atoms with Gasteiger partial charge in [0, 0.05) is 23.6 Å². The summed E-state index contributed by atoms with van der Waals surface area (Å²) < 4.78 is 15.6. The average Bonchev–Trinajstić information content (AvgIpc) is 3.36. The Bertz CT molecular complexity index is 972. The fraction of sp³-hybridized carbons (Fsp3) is 0.333. The largest absolute Gasteiger partial charge is 0.493 e. The summed E-state index contributed by atoms with van der Waals surface area (Å²) in [4.78, 5) is 16.9. The van der Waals surface area contributed by atoms with E-state index in [4.69, 9.17) is 65.5 Å². The molecule has 1 atom stereocenters. The first kappa shape index (κ1) is 23.8. The maximum absolute atomic E-state index is 12.1. The number of oxime groups is 1. The van der Waals surface area contributed by atoms with Gasteiger partial charge in [0.25, 0.3) is 0 Å². The molecule has 0 spiro atoms. The van der Waals surface area contributed by atoms with Crippen LogP contribution in [-0.2, 0) is 21.0 Å². The van der Waals surface area contributed by atoms with Crippen LogP contribution in [0.2, 0.25) is 10.0 Å². The molecule has 1 fully saturated rings. The Morgan fingerprint density at radius 2 is 1.77 bits per heavy atom. The van der Waals surface area contributed by atoms with Crippen LogP contribution in [0, 0.1) is 5.92 Å². The van der Waals surface area contributed by atoms with Crippen molar-refractivity contribution in [3.63, 3.8) is 0 Å². The zero-order chi connectivity index (χ0) is 22.6. The molecule has 6 nitrogen and oxygen atoms in total. The lowest BCUT2D eigenvalue weighted by Crippen LogP contribution is -2.19. The van der Waals surface area contributed by atoms with Crippen LogP contribution in [0.3, 0.4) is 0 Å². The molecule has 2 aromatic rings. The molecule has 0 aliphatic heterocycles. The average molecular weight is 507 g/mol. The highest BCUT2D eigenvalue weighted by molar-refractivity contribution is 6.50. The van der Waals surface area contributed by atoms with E-state index in [2.05, 4.69) is 5.16 Å². The van der Waals surface area contributed by atoms with Gasteiger partial charge in [-0.25, -0.2) is 4.79 Å². The van der Waals surface area contributed by atoms with Crippen molar-refractivity contribution in [1.82, 2.24) is 0 Å². The van der Waals surface area contributed by atoms with Gasteiger partial charge in [-0.1, -0.05) is 52.6 Å².